The molecule has 1 aromatic carbocycles. The van der Waals surface area contributed by atoms with Gasteiger partial charge in [-0.15, -0.1) is 0 Å². The van der Waals surface area contributed by atoms with E-state index in [4.69, 9.17) is 11.6 Å². The third-order valence-corrected chi connectivity index (χ3v) is 5.33. The van der Waals surface area contributed by atoms with Crippen LogP contribution < -0.4 is 10.6 Å². The molecular formula is C18H18ClFIN3O3. The van der Waals surface area contributed by atoms with Crippen LogP contribution in [0.3, 0.4) is 0 Å². The van der Waals surface area contributed by atoms with E-state index in [1.807, 2.05) is 22.6 Å². The molecule has 6 nitrogen and oxygen atoms in total. The van der Waals surface area contributed by atoms with Gasteiger partial charge in [-0.3, -0.25) is 4.79 Å². The maximum Gasteiger partial charge on any atom is 0.253 e. The zero-order chi connectivity index (χ0) is 19.6. The van der Waals surface area contributed by atoms with Crippen molar-refractivity contribution in [3.63, 3.8) is 0 Å². The number of pyridine rings is 1. The summed E-state index contributed by atoms with van der Waals surface area (Å²) in [5.41, 5.74) is 0.643. The lowest BCUT2D eigenvalue weighted by Crippen LogP contribution is -2.51. The summed E-state index contributed by atoms with van der Waals surface area (Å²) in [7, 11) is 0. The summed E-state index contributed by atoms with van der Waals surface area (Å²) < 4.78 is 14.9. The monoisotopic (exact) mass is 505 g/mol. The Morgan fingerprint density at radius 3 is 2.78 bits per heavy atom. The molecule has 1 aliphatic carbocycles. The average Bonchev–Trinajstić information content (AvgIpc) is 2.62. The van der Waals surface area contributed by atoms with Crippen LogP contribution in [0.5, 0.6) is 0 Å². The molecule has 1 aliphatic rings. The molecule has 1 aromatic heterocycles. The third-order valence-electron chi connectivity index (χ3n) is 4.45. The minimum absolute atomic E-state index is 0.109. The molecule has 0 radical (unpaired) electrons. The molecule has 1 heterocycles. The zero-order valence-electron chi connectivity index (χ0n) is 14.1. The number of aliphatic hydroxyl groups excluding tert-OH is 2. The van der Waals surface area contributed by atoms with Crippen LogP contribution in [-0.2, 0) is 0 Å². The van der Waals surface area contributed by atoms with Gasteiger partial charge >= 0.3 is 0 Å². The molecule has 1 unspecified atom stereocenters. The standard InChI is InChI=1S/C18H18ClFIN3O3/c19-16-7-10(18(27)24-13-2-1-3-15(25)17(13)26)14(8-22-16)23-12-5-4-9(21)6-11(12)20/h4-8,13,15,17,23,25-26H,1-3H2,(H,24,27)/t13-,15?,17+/m1/s1. The first-order valence-corrected chi connectivity index (χ1v) is 9.85. The van der Waals surface area contributed by atoms with E-state index in [0.29, 0.717) is 19.3 Å². The van der Waals surface area contributed by atoms with Gasteiger partial charge in [0.25, 0.3) is 5.91 Å². The quantitative estimate of drug-likeness (QED) is 0.378. The zero-order valence-corrected chi connectivity index (χ0v) is 17.0. The van der Waals surface area contributed by atoms with E-state index < -0.39 is 30.0 Å². The van der Waals surface area contributed by atoms with Gasteiger partial charge in [0.2, 0.25) is 0 Å². The highest BCUT2D eigenvalue weighted by Gasteiger charge is 2.32. The van der Waals surface area contributed by atoms with E-state index in [1.54, 1.807) is 12.1 Å². The summed E-state index contributed by atoms with van der Waals surface area (Å²) in [5, 5.41) is 25.6. The van der Waals surface area contributed by atoms with Crippen LogP contribution in [0.2, 0.25) is 5.15 Å². The van der Waals surface area contributed by atoms with Gasteiger partial charge in [0.05, 0.1) is 41.4 Å². The Morgan fingerprint density at radius 1 is 1.26 bits per heavy atom. The number of rotatable bonds is 4. The van der Waals surface area contributed by atoms with Gasteiger partial charge in [-0.2, -0.15) is 0 Å². The van der Waals surface area contributed by atoms with Crippen molar-refractivity contribution in [2.75, 3.05) is 5.32 Å². The number of aliphatic hydroxyl groups is 2. The molecule has 3 rings (SSSR count). The third kappa shape index (κ3) is 4.87. The van der Waals surface area contributed by atoms with Crippen LogP contribution in [-0.4, -0.2) is 39.4 Å². The first-order valence-electron chi connectivity index (χ1n) is 8.40. The number of nitrogens with one attached hydrogen (secondary N) is 2. The Labute approximate surface area is 174 Å². The summed E-state index contributed by atoms with van der Waals surface area (Å²) in [6.07, 6.45) is 1.18. The molecule has 1 fully saturated rings. The van der Waals surface area contributed by atoms with Crippen LogP contribution >= 0.6 is 34.2 Å². The Hall–Kier alpha value is -1.49. The summed E-state index contributed by atoms with van der Waals surface area (Å²) in [5.74, 6) is -0.958. The SMILES string of the molecule is O=C(N[C@@H]1CCCC(O)[C@H]1O)c1cc(Cl)ncc1Nc1ccc(I)cc1F. The summed E-state index contributed by atoms with van der Waals surface area (Å²) >= 11 is 7.93. The smallest absolute Gasteiger partial charge is 0.253 e. The molecule has 1 saturated carbocycles. The summed E-state index contributed by atoms with van der Waals surface area (Å²) in [4.78, 5) is 16.7. The number of nitrogens with zero attached hydrogens (tertiary/aromatic N) is 1. The van der Waals surface area contributed by atoms with E-state index in [0.717, 1.165) is 3.57 Å². The van der Waals surface area contributed by atoms with E-state index in [9.17, 15) is 19.4 Å². The number of benzene rings is 1. The van der Waals surface area contributed by atoms with Gasteiger partial charge in [-0.25, -0.2) is 9.37 Å². The van der Waals surface area contributed by atoms with E-state index >= 15 is 0 Å². The number of carbonyl (C=O) groups is 1. The second-order valence-corrected chi connectivity index (χ2v) is 8.00. The van der Waals surface area contributed by atoms with Crippen LogP contribution in [0, 0.1) is 9.39 Å². The van der Waals surface area contributed by atoms with Crippen LogP contribution in [0.15, 0.2) is 30.5 Å². The van der Waals surface area contributed by atoms with Gasteiger partial charge in [0.1, 0.15) is 11.0 Å². The number of hydrogen-bond donors (Lipinski definition) is 4. The lowest BCUT2D eigenvalue weighted by Gasteiger charge is -2.32. The number of amides is 1. The van der Waals surface area contributed by atoms with Crippen LogP contribution in [0.25, 0.3) is 0 Å². The van der Waals surface area contributed by atoms with Gasteiger partial charge in [-0.1, -0.05) is 11.6 Å². The maximum atomic E-state index is 14.1. The Balaban J connectivity index is 1.84. The molecule has 0 bridgehead atoms. The Morgan fingerprint density at radius 2 is 2.04 bits per heavy atom. The van der Waals surface area contributed by atoms with Crippen molar-refractivity contribution in [3.8, 4) is 0 Å². The minimum atomic E-state index is -1.04. The van der Waals surface area contributed by atoms with Crippen molar-refractivity contribution < 1.29 is 19.4 Å². The van der Waals surface area contributed by atoms with Crippen molar-refractivity contribution in [1.29, 1.82) is 0 Å². The molecule has 0 saturated heterocycles. The first kappa shape index (κ1) is 20.2. The number of anilines is 2. The highest BCUT2D eigenvalue weighted by molar-refractivity contribution is 14.1. The van der Waals surface area contributed by atoms with Gasteiger partial charge in [0, 0.05) is 3.57 Å². The van der Waals surface area contributed by atoms with Gasteiger partial charge < -0.3 is 20.8 Å². The first-order chi connectivity index (χ1) is 12.8. The second-order valence-electron chi connectivity index (χ2n) is 6.37. The highest BCUT2D eigenvalue weighted by Crippen LogP contribution is 2.26. The number of halogens is 3. The number of hydrogen-bond acceptors (Lipinski definition) is 5. The van der Waals surface area contributed by atoms with Crippen molar-refractivity contribution in [2.24, 2.45) is 0 Å². The van der Waals surface area contributed by atoms with Gasteiger partial charge in [-0.05, 0) is 66.1 Å². The van der Waals surface area contributed by atoms with Crippen molar-refractivity contribution >= 4 is 51.5 Å². The molecular weight excluding hydrogens is 488 g/mol. The largest absolute Gasteiger partial charge is 0.390 e. The molecule has 9 heteroatoms. The van der Waals surface area contributed by atoms with Crippen LogP contribution in [0.4, 0.5) is 15.8 Å². The van der Waals surface area contributed by atoms with E-state index in [-0.39, 0.29) is 22.1 Å². The molecule has 27 heavy (non-hydrogen) atoms. The highest BCUT2D eigenvalue weighted by atomic mass is 127. The Kier molecular flexibility index (Phi) is 6.51. The fraction of sp³-hybridized carbons (Fsp3) is 0.333. The molecule has 0 spiro atoms. The predicted octanol–water partition coefficient (Wildman–Crippen LogP) is 3.23. The number of carbonyl (C=O) groups excluding carboxylic acids is 1. The number of aromatic nitrogens is 1. The molecule has 3 atom stereocenters. The lowest BCUT2D eigenvalue weighted by molar-refractivity contribution is -0.0277. The van der Waals surface area contributed by atoms with Crippen LogP contribution in [0.1, 0.15) is 29.6 Å². The van der Waals surface area contributed by atoms with Crippen molar-refractivity contribution in [2.45, 2.75) is 37.5 Å². The van der Waals surface area contributed by atoms with Gasteiger partial charge in [0.15, 0.2) is 0 Å². The normalized spacial score (nSPS) is 22.3. The molecule has 2 aromatic rings. The van der Waals surface area contributed by atoms with E-state index in [2.05, 4.69) is 15.6 Å². The second kappa shape index (κ2) is 8.68. The molecule has 144 valence electrons. The average molecular weight is 506 g/mol. The van der Waals surface area contributed by atoms with E-state index in [1.165, 1.54) is 18.3 Å². The lowest BCUT2D eigenvalue weighted by atomic mass is 9.90. The maximum absolute atomic E-state index is 14.1. The fourth-order valence-electron chi connectivity index (χ4n) is 3.01. The minimum Gasteiger partial charge on any atom is -0.390 e. The summed E-state index contributed by atoms with van der Waals surface area (Å²) in [6.45, 7) is 0. The topological polar surface area (TPSA) is 94.5 Å². The predicted molar refractivity (Wildman–Crippen MR) is 109 cm³/mol. The summed E-state index contributed by atoms with van der Waals surface area (Å²) in [6, 6.07) is 5.46. The van der Waals surface area contributed by atoms with Crippen molar-refractivity contribution in [1.82, 2.24) is 10.3 Å². The molecule has 4 N–H and O–H groups in total. The molecule has 1 amide bonds. The van der Waals surface area contributed by atoms with Crippen molar-refractivity contribution in [3.05, 3.63) is 50.6 Å². The molecule has 0 aliphatic heterocycles. The Bertz CT molecular complexity index is 855. The fourth-order valence-corrected chi connectivity index (χ4v) is 3.62.